The number of carbonyl (C=O) groups is 2. The smallest absolute Gasteiger partial charge is 0.407 e. The van der Waals surface area contributed by atoms with Crippen LogP contribution in [0.1, 0.15) is 57.6 Å². The number of hydrogen-bond donors (Lipinski definition) is 1. The number of alkyl carbamates (subject to hydrolysis) is 1. The molecule has 1 amide bonds. The Morgan fingerprint density at radius 2 is 1.70 bits per heavy atom. The highest BCUT2D eigenvalue weighted by Crippen LogP contribution is 2.08. The van der Waals surface area contributed by atoms with E-state index in [0.29, 0.717) is 19.4 Å². The fraction of sp³-hybridized carbons (Fsp3) is 0.579. The third-order valence-electron chi connectivity index (χ3n) is 3.32. The van der Waals surface area contributed by atoms with Gasteiger partial charge in [0, 0.05) is 19.4 Å². The van der Waals surface area contributed by atoms with Gasteiger partial charge in [0.2, 0.25) is 0 Å². The van der Waals surface area contributed by atoms with E-state index in [1.807, 2.05) is 52.0 Å². The summed E-state index contributed by atoms with van der Waals surface area (Å²) in [4.78, 5) is 23.3. The molecule has 4 nitrogen and oxygen atoms in total. The number of unbranched alkanes of at least 4 members (excludes halogenated alkanes) is 2. The third-order valence-corrected chi connectivity index (χ3v) is 3.32. The van der Waals surface area contributed by atoms with Crippen molar-refractivity contribution in [3.8, 4) is 0 Å². The molecule has 0 aliphatic heterocycles. The van der Waals surface area contributed by atoms with E-state index in [1.54, 1.807) is 0 Å². The monoisotopic (exact) mass is 319 g/mol. The molecule has 0 bridgehead atoms. The maximum atomic E-state index is 11.9. The molecule has 0 aromatic heterocycles. The first kappa shape index (κ1) is 19.2. The molecule has 0 aliphatic rings. The van der Waals surface area contributed by atoms with Gasteiger partial charge in [-0.3, -0.25) is 4.79 Å². The van der Waals surface area contributed by atoms with Crippen molar-refractivity contribution in [3.63, 3.8) is 0 Å². The van der Waals surface area contributed by atoms with E-state index in [0.717, 1.165) is 24.8 Å². The van der Waals surface area contributed by atoms with Gasteiger partial charge < -0.3 is 10.1 Å². The number of hydrogen-bond acceptors (Lipinski definition) is 3. The Labute approximate surface area is 139 Å². The number of rotatable bonds is 8. The molecule has 0 radical (unpaired) electrons. The Bertz CT molecular complexity index is 500. The lowest BCUT2D eigenvalue weighted by Crippen LogP contribution is -2.32. The maximum absolute atomic E-state index is 11.9. The summed E-state index contributed by atoms with van der Waals surface area (Å²) in [6.45, 7) is 8.14. The summed E-state index contributed by atoms with van der Waals surface area (Å²) in [6, 6.07) is 8.09. The van der Waals surface area contributed by atoms with Gasteiger partial charge in [-0.25, -0.2) is 4.79 Å². The Morgan fingerprint density at radius 3 is 2.30 bits per heavy atom. The van der Waals surface area contributed by atoms with Crippen molar-refractivity contribution < 1.29 is 14.3 Å². The van der Waals surface area contributed by atoms with Gasteiger partial charge >= 0.3 is 6.09 Å². The number of ether oxygens (including phenoxy) is 1. The number of nitrogens with one attached hydrogen (secondary N) is 1. The van der Waals surface area contributed by atoms with Crippen LogP contribution < -0.4 is 5.32 Å². The Hall–Kier alpha value is -1.84. The first-order chi connectivity index (χ1) is 10.8. The summed E-state index contributed by atoms with van der Waals surface area (Å²) in [6.07, 6.45) is 3.37. The zero-order valence-corrected chi connectivity index (χ0v) is 14.8. The predicted octanol–water partition coefficient (Wildman–Crippen LogP) is 4.19. The number of aryl methyl sites for hydroxylation is 1. The van der Waals surface area contributed by atoms with E-state index in [2.05, 4.69) is 5.32 Å². The second kappa shape index (κ2) is 9.33. The van der Waals surface area contributed by atoms with Crippen LogP contribution in [0, 0.1) is 6.92 Å². The highest BCUT2D eigenvalue weighted by atomic mass is 16.6. The molecule has 1 rings (SSSR count). The third kappa shape index (κ3) is 9.72. The summed E-state index contributed by atoms with van der Waals surface area (Å²) >= 11 is 0. The molecule has 0 unspecified atom stereocenters. The summed E-state index contributed by atoms with van der Waals surface area (Å²) < 4.78 is 5.15. The lowest BCUT2D eigenvalue weighted by molar-refractivity contribution is -0.118. The van der Waals surface area contributed by atoms with Crippen LogP contribution in [0.4, 0.5) is 4.79 Å². The summed E-state index contributed by atoms with van der Waals surface area (Å²) in [5.41, 5.74) is 1.82. The molecule has 0 saturated heterocycles. The van der Waals surface area contributed by atoms with E-state index in [1.165, 1.54) is 5.56 Å². The van der Waals surface area contributed by atoms with Crippen LogP contribution in [0.3, 0.4) is 0 Å². The molecular formula is C19H29NO3. The molecule has 1 aromatic carbocycles. The largest absolute Gasteiger partial charge is 0.444 e. The van der Waals surface area contributed by atoms with Gasteiger partial charge in [0.25, 0.3) is 0 Å². The van der Waals surface area contributed by atoms with E-state index in [4.69, 9.17) is 4.74 Å². The fourth-order valence-electron chi connectivity index (χ4n) is 2.15. The maximum Gasteiger partial charge on any atom is 0.407 e. The molecular weight excluding hydrogens is 290 g/mol. The molecule has 4 heteroatoms. The number of Topliss-reactive ketones (excluding diaryl/α,β-unsaturated/α-hetero) is 1. The highest BCUT2D eigenvalue weighted by Gasteiger charge is 2.15. The van der Waals surface area contributed by atoms with Crippen LogP contribution in [0.25, 0.3) is 0 Å². The highest BCUT2D eigenvalue weighted by molar-refractivity contribution is 5.80. The lowest BCUT2D eigenvalue weighted by atomic mass is 10.0. The summed E-state index contributed by atoms with van der Waals surface area (Å²) in [5, 5.41) is 2.73. The first-order valence-electron chi connectivity index (χ1n) is 8.30. The Kier molecular flexibility index (Phi) is 7.79. The molecule has 1 aromatic rings. The van der Waals surface area contributed by atoms with E-state index in [9.17, 15) is 9.59 Å². The van der Waals surface area contributed by atoms with Crippen LogP contribution in [0.15, 0.2) is 24.3 Å². The van der Waals surface area contributed by atoms with Gasteiger partial charge in [-0.05, 0) is 46.1 Å². The average Bonchev–Trinajstić information content (AvgIpc) is 2.43. The second-order valence-electron chi connectivity index (χ2n) is 6.94. The topological polar surface area (TPSA) is 55.4 Å². The van der Waals surface area contributed by atoms with Crippen molar-refractivity contribution in [3.05, 3.63) is 35.4 Å². The zero-order valence-electron chi connectivity index (χ0n) is 14.8. The molecule has 0 atom stereocenters. The van der Waals surface area contributed by atoms with E-state index in [-0.39, 0.29) is 11.9 Å². The summed E-state index contributed by atoms with van der Waals surface area (Å²) in [5.74, 6) is 0.272. The van der Waals surface area contributed by atoms with Gasteiger partial charge in [0.05, 0.1) is 0 Å². The van der Waals surface area contributed by atoms with Crippen molar-refractivity contribution in [2.75, 3.05) is 6.54 Å². The van der Waals surface area contributed by atoms with Gasteiger partial charge in [0.1, 0.15) is 11.4 Å². The van der Waals surface area contributed by atoms with Gasteiger partial charge in [-0.1, -0.05) is 36.2 Å². The average molecular weight is 319 g/mol. The van der Waals surface area contributed by atoms with Crippen molar-refractivity contribution in [1.82, 2.24) is 5.32 Å². The summed E-state index contributed by atoms with van der Waals surface area (Å²) in [7, 11) is 0. The van der Waals surface area contributed by atoms with Crippen molar-refractivity contribution >= 4 is 11.9 Å². The van der Waals surface area contributed by atoms with E-state index >= 15 is 0 Å². The Morgan fingerprint density at radius 1 is 1.04 bits per heavy atom. The normalized spacial score (nSPS) is 11.1. The Balaban J connectivity index is 2.07. The van der Waals surface area contributed by atoms with Gasteiger partial charge in [-0.2, -0.15) is 0 Å². The van der Waals surface area contributed by atoms with Gasteiger partial charge in [0.15, 0.2) is 0 Å². The lowest BCUT2D eigenvalue weighted by Gasteiger charge is -2.19. The molecule has 0 spiro atoms. The van der Waals surface area contributed by atoms with Crippen LogP contribution in [0.2, 0.25) is 0 Å². The minimum Gasteiger partial charge on any atom is -0.444 e. The van der Waals surface area contributed by atoms with Crippen molar-refractivity contribution in [2.24, 2.45) is 0 Å². The van der Waals surface area contributed by atoms with Crippen LogP contribution in [0.5, 0.6) is 0 Å². The van der Waals surface area contributed by atoms with Crippen molar-refractivity contribution in [1.29, 1.82) is 0 Å². The quantitative estimate of drug-likeness (QED) is 0.731. The van der Waals surface area contributed by atoms with Crippen LogP contribution in [-0.2, 0) is 16.0 Å². The molecule has 0 fully saturated rings. The molecule has 1 N–H and O–H groups in total. The first-order valence-corrected chi connectivity index (χ1v) is 8.30. The van der Waals surface area contributed by atoms with Crippen LogP contribution >= 0.6 is 0 Å². The van der Waals surface area contributed by atoms with Gasteiger partial charge in [-0.15, -0.1) is 0 Å². The zero-order chi connectivity index (χ0) is 17.3. The molecule has 128 valence electrons. The molecule has 0 heterocycles. The van der Waals surface area contributed by atoms with E-state index < -0.39 is 5.60 Å². The molecule has 0 saturated carbocycles. The predicted molar refractivity (Wildman–Crippen MR) is 92.6 cm³/mol. The van der Waals surface area contributed by atoms with Crippen molar-refractivity contribution in [2.45, 2.75) is 65.4 Å². The second-order valence-corrected chi connectivity index (χ2v) is 6.94. The van der Waals surface area contributed by atoms with Crippen LogP contribution in [-0.4, -0.2) is 24.0 Å². The number of benzene rings is 1. The number of carbonyl (C=O) groups excluding carboxylic acids is 2. The fourth-order valence-corrected chi connectivity index (χ4v) is 2.15. The SMILES string of the molecule is Cc1ccc(CC(=O)CCCCCNC(=O)OC(C)(C)C)cc1. The molecule has 23 heavy (non-hydrogen) atoms. The standard InChI is InChI=1S/C19H29NO3/c1-15-9-11-16(12-10-15)14-17(21)8-6-5-7-13-20-18(22)23-19(2,3)4/h9-12H,5-8,13-14H2,1-4H3,(H,20,22). The minimum atomic E-state index is -0.466. The molecule has 0 aliphatic carbocycles. The number of amides is 1. The number of ketones is 1. The minimum absolute atomic E-state index is 0.272.